The molecule has 0 heterocycles. The number of ketones is 1. The average molecular weight is 339 g/mol. The smallest absolute Gasteiger partial charge is 0.136 e. The normalized spacial score (nSPS) is 22.8. The summed E-state index contributed by atoms with van der Waals surface area (Å²) in [7, 11) is 0. The number of halogens is 1. The average Bonchev–Trinajstić information content (AvgIpc) is 2.43. The number of carbonyl (C=O) groups is 1. The molecule has 2 atom stereocenters. The number of ether oxygens (including phenoxy) is 1. The molecule has 0 N–H and O–H groups in total. The highest BCUT2D eigenvalue weighted by atomic mass is 79.9. The van der Waals surface area contributed by atoms with Gasteiger partial charge in [-0.05, 0) is 43.4 Å². The summed E-state index contributed by atoms with van der Waals surface area (Å²) in [6.45, 7) is 2.85. The molecule has 110 valence electrons. The van der Waals surface area contributed by atoms with Gasteiger partial charge in [-0.15, -0.1) is 0 Å². The Hall–Kier alpha value is -0.830. The van der Waals surface area contributed by atoms with Gasteiger partial charge in [0.05, 0.1) is 6.61 Å². The topological polar surface area (TPSA) is 26.3 Å². The summed E-state index contributed by atoms with van der Waals surface area (Å²) < 4.78 is 6.77. The van der Waals surface area contributed by atoms with Gasteiger partial charge in [-0.25, -0.2) is 0 Å². The fraction of sp³-hybridized carbons (Fsp3) is 0.588. The zero-order valence-electron chi connectivity index (χ0n) is 12.1. The highest BCUT2D eigenvalue weighted by molar-refractivity contribution is 9.10. The minimum absolute atomic E-state index is 0.215. The third-order valence-corrected chi connectivity index (χ3v) is 4.59. The lowest BCUT2D eigenvalue weighted by atomic mass is 9.77. The van der Waals surface area contributed by atoms with E-state index in [-0.39, 0.29) is 5.92 Å². The maximum absolute atomic E-state index is 12.0. The molecule has 1 aliphatic rings. The largest absolute Gasteiger partial charge is 0.494 e. The lowest BCUT2D eigenvalue weighted by molar-refractivity contribution is -0.126. The van der Waals surface area contributed by atoms with Crippen molar-refractivity contribution in [1.29, 1.82) is 0 Å². The van der Waals surface area contributed by atoms with Gasteiger partial charge in [-0.1, -0.05) is 41.8 Å². The number of hydrogen-bond donors (Lipinski definition) is 0. The van der Waals surface area contributed by atoms with Crippen molar-refractivity contribution in [2.24, 2.45) is 11.8 Å². The zero-order chi connectivity index (χ0) is 14.4. The van der Waals surface area contributed by atoms with Crippen LogP contribution < -0.4 is 4.74 Å². The minimum Gasteiger partial charge on any atom is -0.494 e. The van der Waals surface area contributed by atoms with Crippen molar-refractivity contribution in [3.63, 3.8) is 0 Å². The van der Waals surface area contributed by atoms with Gasteiger partial charge in [0, 0.05) is 16.8 Å². The Bertz CT molecular complexity index is 444. The van der Waals surface area contributed by atoms with Crippen LogP contribution in [-0.2, 0) is 4.79 Å². The molecule has 1 aliphatic carbocycles. The second kappa shape index (κ2) is 7.82. The molecule has 0 spiro atoms. The molecule has 0 saturated heterocycles. The molecule has 0 aromatic heterocycles. The molecule has 2 rings (SSSR count). The monoisotopic (exact) mass is 338 g/mol. The predicted octanol–water partition coefficient (Wildman–Crippen LogP) is 5.00. The Morgan fingerprint density at radius 3 is 2.95 bits per heavy atom. The molecule has 2 unspecified atom stereocenters. The third-order valence-electron chi connectivity index (χ3n) is 4.10. The molecular weight excluding hydrogens is 316 g/mol. The fourth-order valence-corrected chi connectivity index (χ4v) is 3.41. The number of rotatable bonds is 6. The number of benzene rings is 1. The highest BCUT2D eigenvalue weighted by Gasteiger charge is 2.27. The quantitative estimate of drug-likeness (QED) is 0.729. The summed E-state index contributed by atoms with van der Waals surface area (Å²) in [6, 6.07) is 7.85. The first-order chi connectivity index (χ1) is 9.69. The van der Waals surface area contributed by atoms with Gasteiger partial charge < -0.3 is 4.74 Å². The van der Waals surface area contributed by atoms with E-state index in [0.29, 0.717) is 12.4 Å². The van der Waals surface area contributed by atoms with Crippen LogP contribution in [0, 0.1) is 11.8 Å². The molecule has 1 aromatic carbocycles. The summed E-state index contributed by atoms with van der Waals surface area (Å²) >= 11 is 3.43. The molecule has 3 heteroatoms. The number of carbonyl (C=O) groups excluding carboxylic acids is 1. The first-order valence-corrected chi connectivity index (χ1v) is 8.39. The van der Waals surface area contributed by atoms with Crippen molar-refractivity contribution in [2.75, 3.05) is 6.61 Å². The van der Waals surface area contributed by atoms with Crippen LogP contribution in [0.4, 0.5) is 0 Å². The van der Waals surface area contributed by atoms with E-state index in [2.05, 4.69) is 22.9 Å². The van der Waals surface area contributed by atoms with E-state index >= 15 is 0 Å². The van der Waals surface area contributed by atoms with Gasteiger partial charge in [0.1, 0.15) is 11.5 Å². The molecule has 20 heavy (non-hydrogen) atoms. The fourth-order valence-electron chi connectivity index (χ4n) is 3.03. The Kier molecular flexibility index (Phi) is 6.08. The molecule has 1 aromatic rings. The van der Waals surface area contributed by atoms with Crippen LogP contribution in [-0.4, -0.2) is 12.4 Å². The second-order valence-corrected chi connectivity index (χ2v) is 6.60. The number of hydrogen-bond acceptors (Lipinski definition) is 2. The van der Waals surface area contributed by atoms with Gasteiger partial charge in [0.2, 0.25) is 0 Å². The van der Waals surface area contributed by atoms with E-state index < -0.39 is 0 Å². The van der Waals surface area contributed by atoms with E-state index in [4.69, 9.17) is 4.74 Å². The van der Waals surface area contributed by atoms with Crippen LogP contribution in [0.2, 0.25) is 0 Å². The van der Waals surface area contributed by atoms with E-state index in [0.717, 1.165) is 41.8 Å². The number of Topliss-reactive ketones (excluding diaryl/α,β-unsaturated/α-hetero) is 1. The van der Waals surface area contributed by atoms with E-state index in [9.17, 15) is 4.79 Å². The van der Waals surface area contributed by atoms with Crippen molar-refractivity contribution in [3.8, 4) is 5.75 Å². The first kappa shape index (κ1) is 15.6. The molecule has 2 nitrogen and oxygen atoms in total. The minimum atomic E-state index is 0.215. The van der Waals surface area contributed by atoms with Crippen LogP contribution in [0.1, 0.15) is 45.4 Å². The summed E-state index contributed by atoms with van der Waals surface area (Å²) in [5, 5.41) is 0. The van der Waals surface area contributed by atoms with E-state index in [1.807, 2.05) is 24.3 Å². The Balaban J connectivity index is 1.78. The van der Waals surface area contributed by atoms with Gasteiger partial charge in [-0.3, -0.25) is 4.79 Å². The molecule has 0 radical (unpaired) electrons. The molecule has 1 saturated carbocycles. The van der Waals surface area contributed by atoms with Crippen molar-refractivity contribution < 1.29 is 9.53 Å². The first-order valence-electron chi connectivity index (χ1n) is 7.60. The highest BCUT2D eigenvalue weighted by Crippen LogP contribution is 2.31. The van der Waals surface area contributed by atoms with Crippen molar-refractivity contribution in [3.05, 3.63) is 28.7 Å². The maximum atomic E-state index is 12.0. The standard InChI is InChI=1S/C17H23BrO2/c1-2-4-13-7-8-17(19)14(11-13)9-10-20-16-6-3-5-15(18)12-16/h3,5-6,12-14H,2,4,7-11H2,1H3. The van der Waals surface area contributed by atoms with Crippen LogP contribution in [0.3, 0.4) is 0 Å². The molecule has 0 amide bonds. The van der Waals surface area contributed by atoms with Crippen molar-refractivity contribution >= 4 is 21.7 Å². The van der Waals surface area contributed by atoms with Crippen LogP contribution in [0.15, 0.2) is 28.7 Å². The Labute approximate surface area is 130 Å². The van der Waals surface area contributed by atoms with E-state index in [1.54, 1.807) is 0 Å². The Morgan fingerprint density at radius 2 is 2.20 bits per heavy atom. The maximum Gasteiger partial charge on any atom is 0.136 e. The second-order valence-electron chi connectivity index (χ2n) is 5.69. The zero-order valence-corrected chi connectivity index (χ0v) is 13.7. The lowest BCUT2D eigenvalue weighted by Crippen LogP contribution is -2.26. The molecule has 1 fully saturated rings. The van der Waals surface area contributed by atoms with Gasteiger partial charge in [0.25, 0.3) is 0 Å². The molecule has 0 aliphatic heterocycles. The van der Waals surface area contributed by atoms with Crippen LogP contribution >= 0.6 is 15.9 Å². The Morgan fingerprint density at radius 1 is 1.35 bits per heavy atom. The predicted molar refractivity (Wildman–Crippen MR) is 85.0 cm³/mol. The van der Waals surface area contributed by atoms with Crippen molar-refractivity contribution in [1.82, 2.24) is 0 Å². The van der Waals surface area contributed by atoms with Crippen molar-refractivity contribution in [2.45, 2.75) is 45.4 Å². The SMILES string of the molecule is CCCC1CCC(=O)C(CCOc2cccc(Br)c2)C1. The van der Waals surface area contributed by atoms with Gasteiger partial charge in [-0.2, -0.15) is 0 Å². The summed E-state index contributed by atoms with van der Waals surface area (Å²) in [4.78, 5) is 12.0. The van der Waals surface area contributed by atoms with E-state index in [1.165, 1.54) is 12.8 Å². The lowest BCUT2D eigenvalue weighted by Gasteiger charge is -2.27. The van der Waals surface area contributed by atoms with Gasteiger partial charge >= 0.3 is 0 Å². The van der Waals surface area contributed by atoms with Crippen LogP contribution in [0.5, 0.6) is 5.75 Å². The van der Waals surface area contributed by atoms with Gasteiger partial charge in [0.15, 0.2) is 0 Å². The van der Waals surface area contributed by atoms with Crippen LogP contribution in [0.25, 0.3) is 0 Å². The third kappa shape index (κ3) is 4.62. The summed E-state index contributed by atoms with van der Waals surface area (Å²) in [5.74, 6) is 2.27. The molecular formula is C17H23BrO2. The summed E-state index contributed by atoms with van der Waals surface area (Å²) in [6.07, 6.45) is 6.26. The summed E-state index contributed by atoms with van der Waals surface area (Å²) in [5.41, 5.74) is 0. The molecule has 0 bridgehead atoms.